The Hall–Kier alpha value is -6.56. The summed E-state index contributed by atoms with van der Waals surface area (Å²) >= 11 is 6.50. The number of piperidine rings is 1. The van der Waals surface area contributed by atoms with Gasteiger partial charge in [0.1, 0.15) is 23.9 Å². The van der Waals surface area contributed by atoms with Gasteiger partial charge < -0.3 is 44.7 Å². The van der Waals surface area contributed by atoms with Gasteiger partial charge in [-0.05, 0) is 161 Å². The Bertz CT molecular complexity index is 2930. The van der Waals surface area contributed by atoms with Gasteiger partial charge >= 0.3 is 5.97 Å². The van der Waals surface area contributed by atoms with Gasteiger partial charge in [0.25, 0.3) is 6.01 Å². The standard InChI is InChI=1S/C37H46N4O3.C23H31ClN2O4.C2H6.CH4O.H2O2/c1-9-11-15-31(35(43)38-7)41(22-42)30-18-17-26(27-14-12-13-23(3)34(27)30)28-21-33(37(5,6)24(28)4)40(8)36-39-29-20-25(10-2)16-19-32(29)44-36;1-15(20(24)21(30-12-11-27)16(2)22(28)29)17-7-6-8-18(13-17)25-19-9-10-26(5)23(3,4)14-19;3*1-2/h9,12-14,16-20,22,24,28,31,33H,1,10-11,15,21H2,2-8H3,(H,38,43);6-8,11,13,19,25H,9-10,12,14H2,1-5H3,(H,28,29);1-2H3;2H,1H3;1-2H/b;20-15-,21-16-;;;. The van der Waals surface area contributed by atoms with Crippen LogP contribution in [0.4, 0.5) is 17.4 Å². The number of allylic oxidation sites excluding steroid dienone is 3. The number of aliphatic hydroxyl groups excluding tert-OH is 1. The number of carbonyl (C=O) groups is 4. The van der Waals surface area contributed by atoms with E-state index in [1.54, 1.807) is 24.9 Å². The van der Waals surface area contributed by atoms with E-state index in [0.29, 0.717) is 42.7 Å². The van der Waals surface area contributed by atoms with E-state index in [-0.39, 0.29) is 51.8 Å². The minimum absolute atomic E-state index is 0.00389. The third-order valence-corrected chi connectivity index (χ3v) is 16.5. The molecular weight excluding hydrogens is 1040 g/mol. The van der Waals surface area contributed by atoms with E-state index in [2.05, 4.69) is 126 Å². The third kappa shape index (κ3) is 15.9. The average molecular weight is 1130 g/mol. The highest BCUT2D eigenvalue weighted by Crippen LogP contribution is 2.55. The van der Waals surface area contributed by atoms with Crippen LogP contribution in [0.15, 0.2) is 106 Å². The van der Waals surface area contributed by atoms with E-state index in [0.717, 1.165) is 90.1 Å². The fraction of sp³-hybridized carbons (Fsp3) is 0.476. The summed E-state index contributed by atoms with van der Waals surface area (Å²) in [4.78, 5) is 58.8. The van der Waals surface area contributed by atoms with Crippen molar-refractivity contribution in [3.63, 3.8) is 0 Å². The minimum atomic E-state index is -1.15. The summed E-state index contributed by atoms with van der Waals surface area (Å²) in [6.45, 7) is 27.6. The molecule has 7 rings (SSSR count). The second-order valence-electron chi connectivity index (χ2n) is 21.2. The number of aromatic nitrogens is 1. The lowest BCUT2D eigenvalue weighted by Crippen LogP contribution is -2.50. The molecule has 2 fully saturated rings. The van der Waals surface area contributed by atoms with E-state index in [1.807, 2.05) is 50.2 Å². The van der Waals surface area contributed by atoms with Crippen LogP contribution in [0.2, 0.25) is 0 Å². The number of carboxylic acids is 1. The quantitative estimate of drug-likeness (QED) is 0.00862. The molecule has 6 N–H and O–H groups in total. The molecule has 5 unspecified atom stereocenters. The summed E-state index contributed by atoms with van der Waals surface area (Å²) in [6, 6.07) is 25.2. The number of carbonyl (C=O) groups excluding carboxylic acids is 3. The molecule has 1 aliphatic carbocycles. The predicted octanol–water partition coefficient (Wildman–Crippen LogP) is 12.7. The van der Waals surface area contributed by atoms with Gasteiger partial charge in [0.2, 0.25) is 12.3 Å². The third-order valence-electron chi connectivity index (χ3n) is 16.1. The number of ether oxygens (including phenoxy) is 1. The number of fused-ring (bicyclic) bond motifs is 2. The zero-order valence-corrected chi connectivity index (χ0v) is 50.6. The molecule has 17 heteroatoms. The summed E-state index contributed by atoms with van der Waals surface area (Å²) in [5.41, 5.74) is 8.60. The fourth-order valence-corrected chi connectivity index (χ4v) is 11.2. The lowest BCUT2D eigenvalue weighted by Gasteiger charge is -2.44. The number of aliphatic carboxylic acids is 1. The van der Waals surface area contributed by atoms with E-state index < -0.39 is 12.0 Å². The number of nitrogens with zero attached hydrogens (tertiary/aromatic N) is 4. The number of benzene rings is 4. The second-order valence-corrected chi connectivity index (χ2v) is 21.6. The molecule has 2 aliphatic rings. The SMILES string of the molecule is C/C(C(=O)O)=C(OCC=O)\C(Cl)=C(/C)c1cccc(NC2CCN(C)C(C)(C)C2)c1.C=CCCC(C(=O)NC)N(C=O)c1ccc(C2CC(N(C)c3nc4cc(CC)ccc4o3)C(C)(C)C2C)c2cccc(C)c12.CC.CO.OO. The molecule has 4 aromatic carbocycles. The molecule has 5 atom stereocenters. The van der Waals surface area contributed by atoms with E-state index in [4.69, 9.17) is 41.4 Å². The zero-order chi connectivity index (χ0) is 60.2. The van der Waals surface area contributed by atoms with Crippen molar-refractivity contribution in [2.75, 3.05) is 56.5 Å². The zero-order valence-electron chi connectivity index (χ0n) is 49.8. The molecule has 1 aromatic heterocycles. The highest BCUT2D eigenvalue weighted by atomic mass is 35.5. The molecule has 0 spiro atoms. The van der Waals surface area contributed by atoms with Crippen LogP contribution in [-0.4, -0.2) is 120 Å². The maximum atomic E-state index is 12.9. The lowest BCUT2D eigenvalue weighted by atomic mass is 9.75. The molecule has 1 aliphatic heterocycles. The van der Waals surface area contributed by atoms with Crippen molar-refractivity contribution >= 4 is 81.0 Å². The fourth-order valence-electron chi connectivity index (χ4n) is 10.9. The number of aryl methyl sites for hydroxylation is 2. The lowest BCUT2D eigenvalue weighted by molar-refractivity contribution is -0.176. The molecule has 1 saturated heterocycles. The van der Waals surface area contributed by atoms with Gasteiger partial charge in [-0.1, -0.05) is 102 Å². The number of aliphatic hydroxyl groups is 1. The molecule has 0 bridgehead atoms. The molecule has 2 amide bonds. The van der Waals surface area contributed by atoms with Crippen LogP contribution >= 0.6 is 11.6 Å². The highest BCUT2D eigenvalue weighted by Gasteiger charge is 2.50. The average Bonchev–Trinajstić information content (AvgIpc) is 4.05. The predicted molar refractivity (Wildman–Crippen MR) is 326 cm³/mol. The summed E-state index contributed by atoms with van der Waals surface area (Å²) in [6.07, 6.45) is 8.24. The molecule has 2 heterocycles. The van der Waals surface area contributed by atoms with E-state index in [9.17, 15) is 24.3 Å². The number of rotatable bonds is 19. The Morgan fingerprint density at radius 1 is 1.02 bits per heavy atom. The number of anilines is 3. The number of aldehydes is 1. The van der Waals surface area contributed by atoms with Crippen LogP contribution in [0.25, 0.3) is 27.4 Å². The Morgan fingerprint density at radius 3 is 2.30 bits per heavy atom. The van der Waals surface area contributed by atoms with E-state index >= 15 is 0 Å². The molecule has 16 nitrogen and oxygen atoms in total. The Labute approximate surface area is 479 Å². The first-order valence-electron chi connectivity index (χ1n) is 27.4. The first-order valence-corrected chi connectivity index (χ1v) is 27.8. The Balaban J connectivity index is 0.000000408. The number of halogens is 1. The number of likely N-dealkylation sites (tertiary alicyclic amines) is 1. The Kier molecular flexibility index (Phi) is 26.6. The summed E-state index contributed by atoms with van der Waals surface area (Å²) in [5, 5.41) is 37.0. The van der Waals surface area contributed by atoms with Gasteiger partial charge in [-0.2, -0.15) is 4.98 Å². The van der Waals surface area contributed by atoms with Gasteiger partial charge in [0, 0.05) is 56.4 Å². The first-order chi connectivity index (χ1) is 38.1. The van der Waals surface area contributed by atoms with Crippen molar-refractivity contribution in [1.82, 2.24) is 15.2 Å². The van der Waals surface area contributed by atoms with E-state index in [1.165, 1.54) is 18.1 Å². The molecule has 80 heavy (non-hydrogen) atoms. The highest BCUT2D eigenvalue weighted by molar-refractivity contribution is 6.35. The largest absolute Gasteiger partial charge is 0.484 e. The monoisotopic (exact) mass is 1120 g/mol. The number of amides is 2. The van der Waals surface area contributed by atoms with Gasteiger partial charge in [-0.3, -0.25) is 24.9 Å². The Morgan fingerprint density at radius 2 is 1.70 bits per heavy atom. The number of oxazole rings is 1. The summed E-state index contributed by atoms with van der Waals surface area (Å²) in [5.74, 6) is -0.709. The molecule has 1 saturated carbocycles. The van der Waals surface area contributed by atoms with Crippen molar-refractivity contribution in [3.05, 3.63) is 124 Å². The van der Waals surface area contributed by atoms with Crippen molar-refractivity contribution in [2.24, 2.45) is 11.3 Å². The van der Waals surface area contributed by atoms with Gasteiger partial charge in [0.05, 0.1) is 16.3 Å². The maximum absolute atomic E-state index is 12.9. The number of likely N-dealkylation sites (N-methyl/N-ethyl adjacent to an activating group) is 1. The number of hydrogen-bond donors (Lipinski definition) is 6. The molecule has 0 radical (unpaired) electrons. The topological polar surface area (TPSA) is 218 Å². The number of carboxylic acid groups (broad SMARTS) is 1. The van der Waals surface area contributed by atoms with Crippen LogP contribution in [-0.2, 0) is 30.3 Å². The normalized spacial score (nSPS) is 19.0. The van der Waals surface area contributed by atoms with Gasteiger partial charge in [-0.25, -0.2) is 4.79 Å². The van der Waals surface area contributed by atoms with Crippen molar-refractivity contribution in [3.8, 4) is 0 Å². The summed E-state index contributed by atoms with van der Waals surface area (Å²) in [7, 11) is 6.87. The summed E-state index contributed by atoms with van der Waals surface area (Å²) < 4.78 is 11.6. The van der Waals surface area contributed by atoms with Crippen LogP contribution in [0, 0.1) is 18.3 Å². The number of hydrogen-bond acceptors (Lipinski definition) is 13. The molecular formula is C63H89ClN6O10. The first kappa shape index (κ1) is 67.7. The smallest absolute Gasteiger partial charge is 0.335 e. The van der Waals surface area contributed by atoms with Crippen LogP contribution in [0.5, 0.6) is 0 Å². The maximum Gasteiger partial charge on any atom is 0.335 e. The second kappa shape index (κ2) is 31.4. The van der Waals surface area contributed by atoms with Crippen molar-refractivity contribution in [2.45, 2.75) is 144 Å². The van der Waals surface area contributed by atoms with Crippen LogP contribution in [0.1, 0.15) is 130 Å². The molecule has 5 aromatic rings. The van der Waals surface area contributed by atoms with Crippen LogP contribution in [0.3, 0.4) is 0 Å². The van der Waals surface area contributed by atoms with Crippen LogP contribution < -0.4 is 20.4 Å². The minimum Gasteiger partial charge on any atom is -0.484 e. The van der Waals surface area contributed by atoms with Crippen molar-refractivity contribution < 1.29 is 49.1 Å². The van der Waals surface area contributed by atoms with Gasteiger partial charge in [0.15, 0.2) is 11.9 Å². The van der Waals surface area contributed by atoms with Crippen molar-refractivity contribution in [1.29, 1.82) is 0 Å². The molecule has 438 valence electrons. The number of nitrogens with one attached hydrogen (secondary N) is 2. The van der Waals surface area contributed by atoms with Gasteiger partial charge in [-0.15, -0.1) is 6.58 Å².